The average Bonchev–Trinajstić information content (AvgIpc) is 2.80. The van der Waals surface area contributed by atoms with Crippen molar-refractivity contribution in [2.75, 3.05) is 32.1 Å². The van der Waals surface area contributed by atoms with Gasteiger partial charge in [-0.2, -0.15) is 13.2 Å². The lowest BCUT2D eigenvalue weighted by Gasteiger charge is -2.32. The fraction of sp³-hybridized carbons (Fsp3) is 0.750. The van der Waals surface area contributed by atoms with Crippen LogP contribution in [0.2, 0.25) is 0 Å². The zero-order chi connectivity index (χ0) is 26.2. The summed E-state index contributed by atoms with van der Waals surface area (Å²) in [7, 11) is 3.40. The van der Waals surface area contributed by atoms with E-state index in [0.29, 0.717) is 37.6 Å². The number of alkyl halides is 3. The summed E-state index contributed by atoms with van der Waals surface area (Å²) in [5, 5.41) is 0. The smallest absolute Gasteiger partial charge is 0.349 e. The van der Waals surface area contributed by atoms with Crippen LogP contribution < -0.4 is 4.90 Å². The minimum atomic E-state index is -4.48. The summed E-state index contributed by atoms with van der Waals surface area (Å²) >= 11 is 0. The molecular weight excluding hydrogens is 433 g/mol. The summed E-state index contributed by atoms with van der Waals surface area (Å²) in [6.07, 6.45) is -0.390. The third kappa shape index (κ3) is 13.8. The number of ketones is 1. The molecule has 6 nitrogen and oxygen atoms in total. The number of carbonyl (C=O) groups is 2. The highest BCUT2D eigenvalue weighted by molar-refractivity contribution is 5.78. The van der Waals surface area contributed by atoms with Crippen LogP contribution in [0, 0.1) is 11.8 Å². The average molecular weight is 477 g/mol. The molecule has 0 atom stereocenters. The Morgan fingerprint density at radius 2 is 1.64 bits per heavy atom. The summed E-state index contributed by atoms with van der Waals surface area (Å²) in [5.74, 6) is 1.01. The molecule has 0 radical (unpaired) electrons. The highest BCUT2D eigenvalue weighted by atomic mass is 19.4. The molecule has 0 saturated carbocycles. The van der Waals surface area contributed by atoms with Crippen LogP contribution in [0.5, 0.6) is 0 Å². The summed E-state index contributed by atoms with van der Waals surface area (Å²) in [6.45, 7) is 14.9. The van der Waals surface area contributed by atoms with E-state index in [9.17, 15) is 22.8 Å². The van der Waals surface area contributed by atoms with E-state index >= 15 is 0 Å². The highest BCUT2D eigenvalue weighted by Crippen LogP contribution is 2.29. The van der Waals surface area contributed by atoms with Gasteiger partial charge < -0.3 is 14.6 Å². The van der Waals surface area contributed by atoms with E-state index in [1.165, 1.54) is 0 Å². The lowest BCUT2D eigenvalue weighted by Crippen LogP contribution is -2.40. The Bertz CT molecular complexity index is 672. The van der Waals surface area contributed by atoms with Crippen LogP contribution in [0.4, 0.5) is 19.1 Å². The largest absolute Gasteiger partial charge is 0.433 e. The number of amides is 1. The van der Waals surface area contributed by atoms with Gasteiger partial charge in [-0.1, -0.05) is 41.5 Å². The molecule has 1 aromatic heterocycles. The number of aromatic nitrogens is 2. The topological polar surface area (TPSA) is 66.4 Å². The number of hydrogen-bond acceptors (Lipinski definition) is 5. The van der Waals surface area contributed by atoms with E-state index in [4.69, 9.17) is 0 Å². The predicted octanol–water partition coefficient (Wildman–Crippen LogP) is 5.86. The normalized spacial score (nSPS) is 13.5. The minimum Gasteiger partial charge on any atom is -0.349 e. The van der Waals surface area contributed by atoms with Gasteiger partial charge in [-0.15, -0.1) is 0 Å². The molecule has 2 rings (SSSR count). The van der Waals surface area contributed by atoms with Gasteiger partial charge in [-0.3, -0.25) is 4.79 Å². The Balaban J connectivity index is 0. The zero-order valence-corrected chi connectivity index (χ0v) is 21.8. The highest BCUT2D eigenvalue weighted by Gasteiger charge is 2.34. The molecule has 0 aromatic carbocycles. The number of rotatable bonds is 5. The van der Waals surface area contributed by atoms with Crippen molar-refractivity contribution in [1.29, 1.82) is 0 Å². The Morgan fingerprint density at radius 3 is 2.00 bits per heavy atom. The van der Waals surface area contributed by atoms with E-state index in [2.05, 4.69) is 23.8 Å². The molecule has 0 aliphatic carbocycles. The zero-order valence-electron chi connectivity index (χ0n) is 21.8. The van der Waals surface area contributed by atoms with E-state index in [1.807, 2.05) is 27.7 Å². The second kappa shape index (κ2) is 17.3. The van der Waals surface area contributed by atoms with Gasteiger partial charge in [0.1, 0.15) is 11.5 Å². The van der Waals surface area contributed by atoms with Crippen LogP contribution >= 0.6 is 0 Å². The molecule has 0 unspecified atom stereocenters. The van der Waals surface area contributed by atoms with Crippen LogP contribution in [0.25, 0.3) is 0 Å². The Morgan fingerprint density at radius 1 is 1.12 bits per heavy atom. The van der Waals surface area contributed by atoms with Gasteiger partial charge in [-0.05, 0) is 38.2 Å². The fourth-order valence-electron chi connectivity index (χ4n) is 2.84. The molecule has 0 spiro atoms. The maximum atomic E-state index is 12.6. The molecule has 1 saturated heterocycles. The maximum Gasteiger partial charge on any atom is 0.433 e. The summed E-state index contributed by atoms with van der Waals surface area (Å²) < 4.78 is 37.9. The predicted molar refractivity (Wildman–Crippen MR) is 128 cm³/mol. The third-order valence-electron chi connectivity index (χ3n) is 4.57. The second-order valence-electron chi connectivity index (χ2n) is 7.87. The summed E-state index contributed by atoms with van der Waals surface area (Å²) in [6, 6.07) is 0.853. The number of nitrogens with zero attached hydrogens (tertiary/aromatic N) is 4. The van der Waals surface area contributed by atoms with Gasteiger partial charge >= 0.3 is 6.18 Å². The standard InChI is InChI=1S/C13H17F3N4O.C7H14O.2C2H6/c1-19(2)11(21)9-4-7-20(8-5-9)12-17-6-3-10(18-12)13(14,15)16;1-6(2)4-5-7(3)8;2*1-2/h3,6,9H,4-5,7-8H2,1-2H3;6H,4-5H2,1-3H3;2*1-2H3. The quantitative estimate of drug-likeness (QED) is 0.532. The first-order valence-electron chi connectivity index (χ1n) is 11.8. The molecule has 192 valence electrons. The monoisotopic (exact) mass is 476 g/mol. The van der Waals surface area contributed by atoms with Gasteiger partial charge in [0.25, 0.3) is 0 Å². The van der Waals surface area contributed by atoms with Gasteiger partial charge in [0.05, 0.1) is 0 Å². The second-order valence-corrected chi connectivity index (χ2v) is 7.87. The first-order valence-corrected chi connectivity index (χ1v) is 11.8. The molecule has 0 bridgehead atoms. The van der Waals surface area contributed by atoms with Crippen molar-refractivity contribution in [3.05, 3.63) is 18.0 Å². The molecule has 1 aliphatic heterocycles. The van der Waals surface area contributed by atoms with E-state index in [-0.39, 0.29) is 17.8 Å². The number of Topliss-reactive ketones (excluding diaryl/α,β-unsaturated/α-hetero) is 1. The number of halogens is 3. The van der Waals surface area contributed by atoms with Crippen LogP contribution in [-0.4, -0.2) is 53.7 Å². The van der Waals surface area contributed by atoms with Crippen molar-refractivity contribution in [3.63, 3.8) is 0 Å². The Hall–Kier alpha value is -2.19. The van der Waals surface area contributed by atoms with Crippen LogP contribution in [-0.2, 0) is 15.8 Å². The number of piperidine rings is 1. The molecule has 1 aromatic rings. The van der Waals surface area contributed by atoms with Crippen LogP contribution in [0.3, 0.4) is 0 Å². The minimum absolute atomic E-state index is 0.0552. The molecular formula is C24H43F3N4O2. The summed E-state index contributed by atoms with van der Waals surface area (Å²) in [4.78, 5) is 32.9. The fourth-order valence-corrected chi connectivity index (χ4v) is 2.84. The lowest BCUT2D eigenvalue weighted by atomic mass is 9.96. The number of anilines is 1. The van der Waals surface area contributed by atoms with Crippen molar-refractivity contribution in [1.82, 2.24) is 14.9 Å². The third-order valence-corrected chi connectivity index (χ3v) is 4.57. The molecule has 1 aliphatic rings. The maximum absolute atomic E-state index is 12.6. The molecule has 33 heavy (non-hydrogen) atoms. The van der Waals surface area contributed by atoms with E-state index in [0.717, 1.165) is 25.1 Å². The first kappa shape index (κ1) is 33.0. The van der Waals surface area contributed by atoms with Crippen LogP contribution in [0.15, 0.2) is 12.3 Å². The number of hydrogen-bond donors (Lipinski definition) is 0. The molecule has 1 amide bonds. The van der Waals surface area contributed by atoms with E-state index in [1.54, 1.807) is 30.8 Å². The van der Waals surface area contributed by atoms with Gasteiger partial charge in [-0.25, -0.2) is 9.97 Å². The van der Waals surface area contributed by atoms with Crippen molar-refractivity contribution in [2.45, 2.75) is 80.3 Å². The van der Waals surface area contributed by atoms with Gasteiger partial charge in [0.15, 0.2) is 0 Å². The van der Waals surface area contributed by atoms with Gasteiger partial charge in [0, 0.05) is 45.7 Å². The van der Waals surface area contributed by atoms with Crippen molar-refractivity contribution >= 4 is 17.6 Å². The van der Waals surface area contributed by atoms with E-state index < -0.39 is 11.9 Å². The molecule has 2 heterocycles. The van der Waals surface area contributed by atoms with Crippen molar-refractivity contribution in [3.8, 4) is 0 Å². The van der Waals surface area contributed by atoms with Crippen molar-refractivity contribution in [2.24, 2.45) is 11.8 Å². The van der Waals surface area contributed by atoms with Crippen LogP contribution in [0.1, 0.15) is 79.8 Å². The molecule has 0 N–H and O–H groups in total. The Kier molecular flexibility index (Phi) is 17.3. The first-order chi connectivity index (χ1) is 15.4. The molecule has 1 fully saturated rings. The Labute approximate surface area is 198 Å². The summed E-state index contributed by atoms with van der Waals surface area (Å²) in [5.41, 5.74) is -0.945. The van der Waals surface area contributed by atoms with Crippen molar-refractivity contribution < 1.29 is 22.8 Å². The number of carbonyl (C=O) groups excluding carboxylic acids is 2. The SMILES string of the molecule is CC.CC.CC(=O)CCC(C)C.CN(C)C(=O)C1CCN(c2nccc(C(F)(F)F)n2)CC1. The molecule has 9 heteroatoms. The lowest BCUT2D eigenvalue weighted by molar-refractivity contribution is -0.141. The van der Waals surface area contributed by atoms with Gasteiger partial charge in [0.2, 0.25) is 11.9 Å².